The van der Waals surface area contributed by atoms with E-state index < -0.39 is 11.6 Å². The molecule has 4 rings (SSSR count). The number of hydrogen-bond donors (Lipinski definition) is 0. The Labute approximate surface area is 226 Å². The van der Waals surface area contributed by atoms with E-state index >= 15 is 0 Å². The van der Waals surface area contributed by atoms with Gasteiger partial charge in [-0.05, 0) is 98.5 Å². The molecule has 0 amide bonds. The van der Waals surface area contributed by atoms with E-state index in [9.17, 15) is 8.78 Å². The summed E-state index contributed by atoms with van der Waals surface area (Å²) >= 11 is 0. The molecule has 3 aliphatic carbocycles. The van der Waals surface area contributed by atoms with Crippen LogP contribution in [-0.2, 0) is 6.42 Å². The normalized spacial score (nSPS) is 30.8. The smallest absolute Gasteiger partial charge is 0.200 e. The van der Waals surface area contributed by atoms with E-state index in [4.69, 9.17) is 4.74 Å². The minimum absolute atomic E-state index is 0.0967. The van der Waals surface area contributed by atoms with Gasteiger partial charge in [-0.2, -0.15) is 4.39 Å². The van der Waals surface area contributed by atoms with E-state index in [2.05, 4.69) is 13.8 Å². The molecule has 3 saturated carbocycles. The molecular formula is C34H54F2O. The average Bonchev–Trinajstić information content (AvgIpc) is 2.94. The van der Waals surface area contributed by atoms with E-state index in [1.54, 1.807) is 12.1 Å². The number of halogens is 2. The molecule has 1 aromatic rings. The molecule has 3 heteroatoms. The summed E-state index contributed by atoms with van der Waals surface area (Å²) in [7, 11) is 0. The maximum Gasteiger partial charge on any atom is 0.200 e. The highest BCUT2D eigenvalue weighted by atomic mass is 19.2. The Hall–Kier alpha value is -1.12. The minimum Gasteiger partial charge on any atom is -0.490 e. The molecule has 0 spiro atoms. The van der Waals surface area contributed by atoms with Crippen LogP contribution in [0.5, 0.6) is 5.75 Å². The lowest BCUT2D eigenvalue weighted by Gasteiger charge is -2.38. The molecule has 0 bridgehead atoms. The second kappa shape index (κ2) is 14.9. The number of hydrogen-bond acceptors (Lipinski definition) is 1. The van der Waals surface area contributed by atoms with Crippen LogP contribution in [0.4, 0.5) is 8.78 Å². The maximum absolute atomic E-state index is 14.9. The molecule has 0 aromatic heterocycles. The highest BCUT2D eigenvalue weighted by molar-refractivity contribution is 5.31. The van der Waals surface area contributed by atoms with Gasteiger partial charge in [0.1, 0.15) is 0 Å². The molecule has 0 N–H and O–H groups in total. The first-order valence-corrected chi connectivity index (χ1v) is 16.2. The predicted molar refractivity (Wildman–Crippen MR) is 151 cm³/mol. The van der Waals surface area contributed by atoms with Crippen LogP contribution >= 0.6 is 0 Å². The summed E-state index contributed by atoms with van der Waals surface area (Å²) in [5.41, 5.74) is 0.525. The van der Waals surface area contributed by atoms with Crippen molar-refractivity contribution in [1.82, 2.24) is 0 Å². The van der Waals surface area contributed by atoms with Gasteiger partial charge in [0.25, 0.3) is 0 Å². The predicted octanol–water partition coefficient (Wildman–Crippen LogP) is 10.7. The zero-order valence-corrected chi connectivity index (χ0v) is 23.9. The van der Waals surface area contributed by atoms with Crippen molar-refractivity contribution in [3.05, 3.63) is 29.3 Å². The van der Waals surface area contributed by atoms with Crippen molar-refractivity contribution in [3.8, 4) is 5.75 Å². The van der Waals surface area contributed by atoms with Crippen molar-refractivity contribution >= 4 is 0 Å². The van der Waals surface area contributed by atoms with Crippen molar-refractivity contribution in [2.24, 2.45) is 35.5 Å². The van der Waals surface area contributed by atoms with Gasteiger partial charge in [0.05, 0.1) is 6.61 Å². The summed E-state index contributed by atoms with van der Waals surface area (Å²) in [6, 6.07) is 3.44. The summed E-state index contributed by atoms with van der Waals surface area (Å²) in [5, 5.41) is 0. The van der Waals surface area contributed by atoms with Crippen molar-refractivity contribution in [3.63, 3.8) is 0 Å². The second-order valence-electron chi connectivity index (χ2n) is 13.1. The lowest BCUT2D eigenvalue weighted by Crippen LogP contribution is -2.26. The molecule has 0 saturated heterocycles. The van der Waals surface area contributed by atoms with Crippen molar-refractivity contribution < 1.29 is 13.5 Å². The van der Waals surface area contributed by atoms with Gasteiger partial charge in [-0.15, -0.1) is 0 Å². The van der Waals surface area contributed by atoms with Crippen LogP contribution in [0, 0.1) is 47.1 Å². The summed E-state index contributed by atoms with van der Waals surface area (Å²) in [4.78, 5) is 0. The maximum atomic E-state index is 14.9. The molecule has 210 valence electrons. The zero-order chi connectivity index (χ0) is 26.0. The Morgan fingerprint density at radius 2 is 1.22 bits per heavy atom. The van der Waals surface area contributed by atoms with Gasteiger partial charge in [0.2, 0.25) is 5.82 Å². The first kappa shape index (κ1) is 28.9. The fourth-order valence-corrected chi connectivity index (χ4v) is 7.83. The molecule has 3 aliphatic rings. The lowest BCUT2D eigenvalue weighted by molar-refractivity contribution is 0.140. The van der Waals surface area contributed by atoms with E-state index in [1.807, 2.05) is 0 Å². The second-order valence-corrected chi connectivity index (χ2v) is 13.1. The van der Waals surface area contributed by atoms with E-state index in [0.29, 0.717) is 30.4 Å². The summed E-state index contributed by atoms with van der Waals surface area (Å²) in [6.45, 7) is 5.07. The molecule has 0 aliphatic heterocycles. The van der Waals surface area contributed by atoms with Gasteiger partial charge >= 0.3 is 0 Å². The Bertz CT molecular complexity index is 783. The standard InChI is InChI=1S/C34H54F2O/c1-3-5-6-7-26-12-17-29(18-13-26)30-19-14-27(15-20-30)16-21-31-22-23-32(34(36)33(31)35)37-24-28-10-8-25(4-2)9-11-28/h22-23,25-30H,3-21,24H2,1-2H3. The van der Waals surface area contributed by atoms with E-state index in [1.165, 1.54) is 96.3 Å². The molecule has 0 radical (unpaired) electrons. The van der Waals surface area contributed by atoms with Gasteiger partial charge in [-0.3, -0.25) is 0 Å². The van der Waals surface area contributed by atoms with Crippen LogP contribution in [0.25, 0.3) is 0 Å². The van der Waals surface area contributed by atoms with Crippen LogP contribution in [0.2, 0.25) is 0 Å². The minimum atomic E-state index is -0.784. The summed E-state index contributed by atoms with van der Waals surface area (Å²) < 4.78 is 35.4. The number of unbranched alkanes of at least 4 members (excludes halogenated alkanes) is 2. The number of aryl methyl sites for hydroxylation is 1. The first-order valence-electron chi connectivity index (χ1n) is 16.2. The average molecular weight is 517 g/mol. The lowest BCUT2D eigenvalue weighted by atomic mass is 9.68. The van der Waals surface area contributed by atoms with Gasteiger partial charge in [0.15, 0.2) is 11.6 Å². The first-order chi connectivity index (χ1) is 18.1. The van der Waals surface area contributed by atoms with Crippen molar-refractivity contribution in [1.29, 1.82) is 0 Å². The zero-order valence-electron chi connectivity index (χ0n) is 23.9. The van der Waals surface area contributed by atoms with E-state index in [-0.39, 0.29) is 5.75 Å². The molecule has 3 fully saturated rings. The quantitative estimate of drug-likeness (QED) is 0.251. The van der Waals surface area contributed by atoms with Crippen LogP contribution in [0.3, 0.4) is 0 Å². The number of benzene rings is 1. The van der Waals surface area contributed by atoms with E-state index in [0.717, 1.165) is 42.9 Å². The monoisotopic (exact) mass is 516 g/mol. The Balaban J connectivity index is 1.15. The highest BCUT2D eigenvalue weighted by Crippen LogP contribution is 2.43. The fourth-order valence-electron chi connectivity index (χ4n) is 7.83. The Morgan fingerprint density at radius 3 is 1.81 bits per heavy atom. The number of rotatable bonds is 12. The SMILES string of the molecule is CCCCCC1CCC(C2CCC(CCc3ccc(OCC4CCC(CC)CC4)c(F)c3F)CC2)CC1. The third kappa shape index (κ3) is 8.43. The summed E-state index contributed by atoms with van der Waals surface area (Å²) in [5.74, 6) is 3.45. The molecule has 0 unspecified atom stereocenters. The molecule has 0 atom stereocenters. The van der Waals surface area contributed by atoms with Crippen molar-refractivity contribution in [2.75, 3.05) is 6.61 Å². The van der Waals surface area contributed by atoms with Crippen LogP contribution in [0.1, 0.15) is 135 Å². The van der Waals surface area contributed by atoms with Gasteiger partial charge in [-0.1, -0.05) is 90.5 Å². The Morgan fingerprint density at radius 1 is 0.649 bits per heavy atom. The van der Waals surface area contributed by atoms with Crippen LogP contribution < -0.4 is 4.74 Å². The molecule has 37 heavy (non-hydrogen) atoms. The Kier molecular flexibility index (Phi) is 11.6. The third-order valence-electron chi connectivity index (χ3n) is 10.6. The molecular weight excluding hydrogens is 462 g/mol. The number of ether oxygens (including phenoxy) is 1. The summed E-state index contributed by atoms with van der Waals surface area (Å²) in [6.07, 6.45) is 24.3. The van der Waals surface area contributed by atoms with Gasteiger partial charge in [0, 0.05) is 0 Å². The molecule has 1 nitrogen and oxygen atoms in total. The third-order valence-corrected chi connectivity index (χ3v) is 10.6. The molecule has 1 aromatic carbocycles. The topological polar surface area (TPSA) is 9.23 Å². The fraction of sp³-hybridized carbons (Fsp3) is 0.824. The van der Waals surface area contributed by atoms with Crippen LogP contribution in [0.15, 0.2) is 12.1 Å². The largest absolute Gasteiger partial charge is 0.490 e. The highest BCUT2D eigenvalue weighted by Gasteiger charge is 2.31. The van der Waals surface area contributed by atoms with Crippen LogP contribution in [-0.4, -0.2) is 6.61 Å². The molecule has 0 heterocycles. The van der Waals surface area contributed by atoms with Gasteiger partial charge < -0.3 is 4.74 Å². The van der Waals surface area contributed by atoms with Gasteiger partial charge in [-0.25, -0.2) is 4.39 Å². The van der Waals surface area contributed by atoms with Crippen molar-refractivity contribution in [2.45, 2.75) is 136 Å².